The van der Waals surface area contributed by atoms with Crippen LogP contribution in [0.3, 0.4) is 0 Å². The molecule has 18 heavy (non-hydrogen) atoms. The van der Waals surface area contributed by atoms with Gasteiger partial charge in [0.05, 0.1) is 11.3 Å². The fourth-order valence-corrected chi connectivity index (χ4v) is 2.16. The number of aromatic nitrogens is 1. The highest BCUT2D eigenvalue weighted by Gasteiger charge is 2.30. The quantitative estimate of drug-likeness (QED) is 0.910. The molecule has 0 aliphatic heterocycles. The van der Waals surface area contributed by atoms with Crippen LogP contribution in [0.1, 0.15) is 16.8 Å². The Bertz CT molecular complexity index is 534. The number of anilines is 1. The molecule has 0 atom stereocenters. The van der Waals surface area contributed by atoms with E-state index in [4.69, 9.17) is 0 Å². The van der Waals surface area contributed by atoms with Crippen LogP contribution in [-0.4, -0.2) is 4.98 Å². The van der Waals surface area contributed by atoms with Crippen molar-refractivity contribution in [3.8, 4) is 0 Å². The van der Waals surface area contributed by atoms with Gasteiger partial charge in [0.2, 0.25) is 0 Å². The number of aryl methyl sites for hydroxylation is 1. The van der Waals surface area contributed by atoms with Crippen LogP contribution in [0.4, 0.5) is 18.3 Å². The van der Waals surface area contributed by atoms with Crippen molar-refractivity contribution in [2.24, 2.45) is 0 Å². The predicted octanol–water partition coefficient (Wildman–Crippen LogP) is 4.08. The van der Waals surface area contributed by atoms with Gasteiger partial charge >= 0.3 is 6.18 Å². The topological polar surface area (TPSA) is 24.9 Å². The minimum atomic E-state index is -4.30. The molecule has 2 rings (SSSR count). The van der Waals surface area contributed by atoms with Crippen LogP contribution in [0.5, 0.6) is 0 Å². The van der Waals surface area contributed by atoms with E-state index in [2.05, 4.69) is 10.3 Å². The number of hydrogen-bond acceptors (Lipinski definition) is 3. The van der Waals surface area contributed by atoms with Gasteiger partial charge in [-0.2, -0.15) is 13.2 Å². The summed E-state index contributed by atoms with van der Waals surface area (Å²) in [5.74, 6) is 0. The Morgan fingerprint density at radius 2 is 2.11 bits per heavy atom. The Hall–Kier alpha value is -1.56. The number of nitrogens with one attached hydrogen (secondary N) is 1. The van der Waals surface area contributed by atoms with Crippen LogP contribution in [0.15, 0.2) is 29.6 Å². The second-order valence-electron chi connectivity index (χ2n) is 3.85. The average molecular weight is 272 g/mol. The molecule has 0 unspecified atom stereocenters. The predicted molar refractivity (Wildman–Crippen MR) is 65.6 cm³/mol. The molecule has 0 saturated heterocycles. The molecule has 0 aliphatic carbocycles. The lowest BCUT2D eigenvalue weighted by Gasteiger charge is -2.09. The Balaban J connectivity index is 2.06. The highest BCUT2D eigenvalue weighted by molar-refractivity contribution is 7.13. The molecule has 0 radical (unpaired) electrons. The Labute approximate surface area is 106 Å². The van der Waals surface area contributed by atoms with E-state index in [0.29, 0.717) is 17.2 Å². The first-order valence-electron chi connectivity index (χ1n) is 5.27. The Morgan fingerprint density at radius 1 is 1.33 bits per heavy atom. The summed E-state index contributed by atoms with van der Waals surface area (Å²) in [6, 6.07) is 5.28. The molecule has 0 bridgehead atoms. The van der Waals surface area contributed by atoms with Crippen molar-refractivity contribution < 1.29 is 13.2 Å². The summed E-state index contributed by atoms with van der Waals surface area (Å²) >= 11 is 1.43. The first-order valence-corrected chi connectivity index (χ1v) is 6.15. The molecule has 2 aromatic rings. The van der Waals surface area contributed by atoms with Crippen LogP contribution >= 0.6 is 11.3 Å². The van der Waals surface area contributed by atoms with Crippen molar-refractivity contribution in [2.75, 3.05) is 5.32 Å². The van der Waals surface area contributed by atoms with Gasteiger partial charge in [-0.3, -0.25) is 0 Å². The molecule has 1 heterocycles. The molecule has 1 aromatic carbocycles. The molecular formula is C12H11F3N2S. The fourth-order valence-electron chi connectivity index (χ4n) is 1.47. The standard InChI is InChI=1S/C12H11F3N2S/c1-8-7-18-11(17-8)16-6-9-3-2-4-10(5-9)12(13,14)15/h2-5,7H,6H2,1H3,(H,16,17). The molecule has 0 spiro atoms. The fraction of sp³-hybridized carbons (Fsp3) is 0.250. The molecule has 1 N–H and O–H groups in total. The van der Waals surface area contributed by atoms with Gasteiger partial charge in [0.1, 0.15) is 0 Å². The van der Waals surface area contributed by atoms with Gasteiger partial charge in [0, 0.05) is 11.9 Å². The molecular weight excluding hydrogens is 261 g/mol. The third kappa shape index (κ3) is 3.22. The number of rotatable bonds is 3. The molecule has 0 aliphatic rings. The summed E-state index contributed by atoms with van der Waals surface area (Å²) in [5.41, 5.74) is 0.848. The van der Waals surface area contributed by atoms with Crippen molar-refractivity contribution in [1.82, 2.24) is 4.98 Å². The van der Waals surface area contributed by atoms with Gasteiger partial charge in [-0.25, -0.2) is 4.98 Å². The van der Waals surface area contributed by atoms with E-state index in [-0.39, 0.29) is 0 Å². The van der Waals surface area contributed by atoms with Crippen molar-refractivity contribution in [1.29, 1.82) is 0 Å². The summed E-state index contributed by atoms with van der Waals surface area (Å²) in [6.45, 7) is 2.20. The van der Waals surface area contributed by atoms with E-state index in [9.17, 15) is 13.2 Å². The SMILES string of the molecule is Cc1csc(NCc2cccc(C(F)(F)F)c2)n1. The lowest BCUT2D eigenvalue weighted by atomic mass is 10.1. The van der Waals surface area contributed by atoms with E-state index in [1.807, 2.05) is 12.3 Å². The zero-order chi connectivity index (χ0) is 13.2. The maximum absolute atomic E-state index is 12.5. The first kappa shape index (κ1) is 12.9. The number of hydrogen-bond donors (Lipinski definition) is 1. The zero-order valence-corrected chi connectivity index (χ0v) is 10.4. The number of benzene rings is 1. The van der Waals surface area contributed by atoms with Gasteiger partial charge in [-0.15, -0.1) is 11.3 Å². The lowest BCUT2D eigenvalue weighted by Crippen LogP contribution is -2.06. The van der Waals surface area contributed by atoms with E-state index in [1.165, 1.54) is 17.4 Å². The van der Waals surface area contributed by atoms with E-state index in [0.717, 1.165) is 17.8 Å². The number of nitrogens with zero attached hydrogens (tertiary/aromatic N) is 1. The smallest absolute Gasteiger partial charge is 0.357 e. The molecule has 1 aromatic heterocycles. The number of alkyl halides is 3. The van der Waals surface area contributed by atoms with Gasteiger partial charge in [-0.05, 0) is 24.6 Å². The summed E-state index contributed by atoms with van der Waals surface area (Å²) < 4.78 is 37.5. The second-order valence-corrected chi connectivity index (χ2v) is 4.70. The summed E-state index contributed by atoms with van der Waals surface area (Å²) in [4.78, 5) is 4.18. The largest absolute Gasteiger partial charge is 0.416 e. The van der Waals surface area contributed by atoms with Crippen LogP contribution in [0, 0.1) is 6.92 Å². The summed E-state index contributed by atoms with van der Waals surface area (Å²) in [7, 11) is 0. The van der Waals surface area contributed by atoms with Gasteiger partial charge in [-0.1, -0.05) is 12.1 Å². The maximum atomic E-state index is 12.5. The van der Waals surface area contributed by atoms with Crippen LogP contribution < -0.4 is 5.32 Å². The third-order valence-electron chi connectivity index (χ3n) is 2.32. The minimum Gasteiger partial charge on any atom is -0.357 e. The molecule has 6 heteroatoms. The molecule has 2 nitrogen and oxygen atoms in total. The van der Waals surface area contributed by atoms with Crippen molar-refractivity contribution >= 4 is 16.5 Å². The first-order chi connectivity index (χ1) is 8.45. The number of halogens is 3. The maximum Gasteiger partial charge on any atom is 0.416 e. The third-order valence-corrected chi connectivity index (χ3v) is 3.23. The van der Waals surface area contributed by atoms with Gasteiger partial charge in [0.15, 0.2) is 5.13 Å². The highest BCUT2D eigenvalue weighted by atomic mass is 32.1. The number of thiazole rings is 1. The van der Waals surface area contributed by atoms with Crippen molar-refractivity contribution in [2.45, 2.75) is 19.6 Å². The van der Waals surface area contributed by atoms with Crippen molar-refractivity contribution in [3.63, 3.8) is 0 Å². The molecule has 0 saturated carbocycles. The molecule has 96 valence electrons. The molecule has 0 fully saturated rings. The van der Waals surface area contributed by atoms with Crippen LogP contribution in [-0.2, 0) is 12.7 Å². The van der Waals surface area contributed by atoms with Crippen molar-refractivity contribution in [3.05, 3.63) is 46.5 Å². The monoisotopic (exact) mass is 272 g/mol. The minimum absolute atomic E-state index is 0.330. The van der Waals surface area contributed by atoms with E-state index >= 15 is 0 Å². The van der Waals surface area contributed by atoms with Gasteiger partial charge in [0.25, 0.3) is 0 Å². The van der Waals surface area contributed by atoms with E-state index in [1.54, 1.807) is 6.07 Å². The van der Waals surface area contributed by atoms with Gasteiger partial charge < -0.3 is 5.32 Å². The second kappa shape index (κ2) is 4.97. The van der Waals surface area contributed by atoms with E-state index < -0.39 is 11.7 Å². The zero-order valence-electron chi connectivity index (χ0n) is 9.58. The lowest BCUT2D eigenvalue weighted by molar-refractivity contribution is -0.137. The summed E-state index contributed by atoms with van der Waals surface area (Å²) in [6.07, 6.45) is -4.30. The molecule has 0 amide bonds. The highest BCUT2D eigenvalue weighted by Crippen LogP contribution is 2.29. The Kier molecular flexibility index (Phi) is 3.56. The normalized spacial score (nSPS) is 11.6. The Morgan fingerprint density at radius 3 is 2.72 bits per heavy atom. The van der Waals surface area contributed by atoms with Crippen LogP contribution in [0.2, 0.25) is 0 Å². The van der Waals surface area contributed by atoms with Crippen LogP contribution in [0.25, 0.3) is 0 Å². The summed E-state index contributed by atoms with van der Waals surface area (Å²) in [5, 5.41) is 5.60. The average Bonchev–Trinajstić information content (AvgIpc) is 2.72.